The van der Waals surface area contributed by atoms with Gasteiger partial charge >= 0.3 is 0 Å². The second-order valence-corrected chi connectivity index (χ2v) is 6.76. The van der Waals surface area contributed by atoms with Gasteiger partial charge in [-0.1, -0.05) is 0 Å². The van der Waals surface area contributed by atoms with Gasteiger partial charge in [-0.25, -0.2) is 19.3 Å². The molecule has 1 amide bonds. The molecule has 0 bridgehead atoms. The molecule has 0 atom stereocenters. The number of piperidine rings is 1. The van der Waals surface area contributed by atoms with Gasteiger partial charge in [0.05, 0.1) is 18.6 Å². The molecule has 25 heavy (non-hydrogen) atoms. The Balaban J connectivity index is 1.39. The summed E-state index contributed by atoms with van der Waals surface area (Å²) in [6.07, 6.45) is 9.96. The monoisotopic (exact) mass is 342 g/mol. The molecule has 0 aromatic carbocycles. The Morgan fingerprint density at radius 2 is 1.72 bits per heavy atom. The van der Waals surface area contributed by atoms with Crippen molar-refractivity contribution in [3.8, 4) is 0 Å². The predicted octanol–water partition coefficient (Wildman–Crippen LogP) is 1.54. The summed E-state index contributed by atoms with van der Waals surface area (Å²) in [5.74, 6) is 0.0993. The van der Waals surface area contributed by atoms with Crippen LogP contribution >= 0.6 is 0 Å². The van der Waals surface area contributed by atoms with Gasteiger partial charge in [0.25, 0.3) is 5.91 Å². The maximum absolute atomic E-state index is 13.0. The Morgan fingerprint density at radius 3 is 2.40 bits per heavy atom. The second kappa shape index (κ2) is 6.34. The molecule has 0 aliphatic carbocycles. The number of carbonyl (C=O) groups excluding carboxylic acids is 1. The second-order valence-electron chi connectivity index (χ2n) is 6.76. The minimum atomic E-state index is -0.425. The van der Waals surface area contributed by atoms with Gasteiger partial charge in [0.2, 0.25) is 5.95 Å². The van der Waals surface area contributed by atoms with Crippen molar-refractivity contribution in [2.24, 2.45) is 5.41 Å². The highest BCUT2D eigenvalue weighted by atomic mass is 19.1. The van der Waals surface area contributed by atoms with Crippen molar-refractivity contribution >= 4 is 11.9 Å². The molecule has 2 aliphatic heterocycles. The van der Waals surface area contributed by atoms with Gasteiger partial charge in [-0.2, -0.15) is 0 Å². The summed E-state index contributed by atoms with van der Waals surface area (Å²) in [7, 11) is 0. The minimum absolute atomic E-state index is 0.0470. The highest BCUT2D eigenvalue weighted by Crippen LogP contribution is 2.41. The van der Waals surface area contributed by atoms with E-state index >= 15 is 0 Å². The number of carbonyl (C=O) groups is 1. The van der Waals surface area contributed by atoms with E-state index in [0.717, 1.165) is 45.4 Å². The number of hydrogen-bond acceptors (Lipinski definition) is 6. The van der Waals surface area contributed by atoms with Crippen LogP contribution in [0.5, 0.6) is 0 Å². The van der Waals surface area contributed by atoms with Crippen molar-refractivity contribution in [2.75, 3.05) is 31.1 Å². The Morgan fingerprint density at radius 1 is 1.00 bits per heavy atom. The summed E-state index contributed by atoms with van der Waals surface area (Å²) in [5.41, 5.74) is 0.547. The van der Waals surface area contributed by atoms with Crippen molar-refractivity contribution in [3.05, 3.63) is 42.5 Å². The lowest BCUT2D eigenvalue weighted by molar-refractivity contribution is 0.0758. The summed E-state index contributed by atoms with van der Waals surface area (Å²) in [4.78, 5) is 32.7. The number of rotatable bonds is 2. The molecule has 2 saturated heterocycles. The number of halogens is 1. The molecule has 4 rings (SSSR count). The molecule has 130 valence electrons. The minimum Gasteiger partial charge on any atom is -0.341 e. The van der Waals surface area contributed by atoms with Crippen LogP contribution in [0.2, 0.25) is 0 Å². The van der Waals surface area contributed by atoms with E-state index in [1.165, 1.54) is 18.6 Å². The largest absolute Gasteiger partial charge is 0.341 e. The molecule has 2 aromatic heterocycles. The third kappa shape index (κ3) is 3.16. The van der Waals surface area contributed by atoms with Crippen molar-refractivity contribution < 1.29 is 9.18 Å². The molecule has 2 aromatic rings. The Hall–Kier alpha value is -2.64. The van der Waals surface area contributed by atoms with Crippen LogP contribution in [0.1, 0.15) is 29.8 Å². The number of hydrogen-bond donors (Lipinski definition) is 0. The molecule has 2 fully saturated rings. The fraction of sp³-hybridized carbons (Fsp3) is 0.471. The van der Waals surface area contributed by atoms with Gasteiger partial charge in [-0.05, 0) is 24.7 Å². The molecule has 0 N–H and O–H groups in total. The van der Waals surface area contributed by atoms with E-state index in [0.29, 0.717) is 11.6 Å². The quantitative estimate of drug-likeness (QED) is 0.824. The smallest absolute Gasteiger partial charge is 0.274 e. The normalized spacial score (nSPS) is 19.4. The maximum atomic E-state index is 13.0. The average molecular weight is 342 g/mol. The first-order valence-electron chi connectivity index (χ1n) is 8.43. The molecular formula is C17H19FN6O. The third-order valence-electron chi connectivity index (χ3n) is 5.22. The first-order valence-corrected chi connectivity index (χ1v) is 8.43. The number of anilines is 1. The van der Waals surface area contributed by atoms with Crippen LogP contribution < -0.4 is 4.90 Å². The molecule has 8 heteroatoms. The molecule has 0 saturated carbocycles. The molecule has 0 unspecified atom stereocenters. The molecule has 1 spiro atoms. The van der Waals surface area contributed by atoms with Crippen LogP contribution in [0.4, 0.5) is 10.3 Å². The zero-order valence-electron chi connectivity index (χ0n) is 13.8. The van der Waals surface area contributed by atoms with Crippen LogP contribution in [0.3, 0.4) is 0 Å². The lowest BCUT2D eigenvalue weighted by Crippen LogP contribution is -2.43. The fourth-order valence-electron chi connectivity index (χ4n) is 3.74. The molecule has 2 aliphatic rings. The summed E-state index contributed by atoms with van der Waals surface area (Å²) < 4.78 is 13.0. The van der Waals surface area contributed by atoms with E-state index in [9.17, 15) is 9.18 Å². The number of amides is 1. The standard InChI is InChI=1S/C17H19FN6O/c18-13-9-21-16(22-10-13)23-6-1-17(2-7-23)3-8-24(12-17)15(25)14-11-19-4-5-20-14/h4-5,9-11H,1-3,6-8,12H2. The number of nitrogens with zero attached hydrogens (tertiary/aromatic N) is 6. The van der Waals surface area contributed by atoms with Gasteiger partial charge in [0.15, 0.2) is 5.82 Å². The summed E-state index contributed by atoms with van der Waals surface area (Å²) in [6, 6.07) is 0. The van der Waals surface area contributed by atoms with Gasteiger partial charge in [-0.3, -0.25) is 9.78 Å². The Bertz CT molecular complexity index is 745. The average Bonchev–Trinajstić information content (AvgIpc) is 3.07. The van der Waals surface area contributed by atoms with Gasteiger partial charge in [0.1, 0.15) is 5.69 Å². The van der Waals surface area contributed by atoms with Gasteiger partial charge < -0.3 is 9.80 Å². The summed E-state index contributed by atoms with van der Waals surface area (Å²) >= 11 is 0. The SMILES string of the molecule is O=C(c1cnccn1)N1CCC2(CCN(c3ncc(F)cn3)CC2)C1. The first-order chi connectivity index (χ1) is 12.2. The molecule has 7 nitrogen and oxygen atoms in total. The first kappa shape index (κ1) is 15.9. The van der Waals surface area contributed by atoms with Crippen LogP contribution in [-0.2, 0) is 0 Å². The number of aromatic nitrogens is 4. The van der Waals surface area contributed by atoms with Crippen molar-refractivity contribution in [1.29, 1.82) is 0 Å². The topological polar surface area (TPSA) is 75.1 Å². The van der Waals surface area contributed by atoms with E-state index in [1.54, 1.807) is 12.4 Å². The van der Waals surface area contributed by atoms with E-state index in [1.807, 2.05) is 4.90 Å². The zero-order chi connectivity index (χ0) is 17.3. The van der Waals surface area contributed by atoms with E-state index < -0.39 is 5.82 Å². The summed E-state index contributed by atoms with van der Waals surface area (Å²) in [5, 5.41) is 0. The Labute approximate surface area is 144 Å². The van der Waals surface area contributed by atoms with Crippen LogP contribution in [0, 0.1) is 11.2 Å². The fourth-order valence-corrected chi connectivity index (χ4v) is 3.74. The van der Waals surface area contributed by atoms with Crippen molar-refractivity contribution in [1.82, 2.24) is 24.8 Å². The highest BCUT2D eigenvalue weighted by Gasteiger charge is 2.42. The predicted molar refractivity (Wildman–Crippen MR) is 88.4 cm³/mol. The highest BCUT2D eigenvalue weighted by molar-refractivity contribution is 5.92. The zero-order valence-corrected chi connectivity index (χ0v) is 13.8. The van der Waals surface area contributed by atoms with Gasteiger partial charge in [0, 0.05) is 38.6 Å². The van der Waals surface area contributed by atoms with Crippen LogP contribution in [-0.4, -0.2) is 56.9 Å². The lowest BCUT2D eigenvalue weighted by Gasteiger charge is -2.39. The third-order valence-corrected chi connectivity index (χ3v) is 5.22. The Kier molecular flexibility index (Phi) is 4.03. The van der Waals surface area contributed by atoms with Crippen LogP contribution in [0.25, 0.3) is 0 Å². The van der Waals surface area contributed by atoms with Crippen LogP contribution in [0.15, 0.2) is 31.0 Å². The van der Waals surface area contributed by atoms with Crippen molar-refractivity contribution in [2.45, 2.75) is 19.3 Å². The maximum Gasteiger partial charge on any atom is 0.274 e. The lowest BCUT2D eigenvalue weighted by atomic mass is 9.78. The van der Waals surface area contributed by atoms with Gasteiger partial charge in [-0.15, -0.1) is 0 Å². The molecule has 0 radical (unpaired) electrons. The molecular weight excluding hydrogens is 323 g/mol. The van der Waals surface area contributed by atoms with E-state index in [4.69, 9.17) is 0 Å². The van der Waals surface area contributed by atoms with E-state index in [-0.39, 0.29) is 11.3 Å². The summed E-state index contributed by atoms with van der Waals surface area (Å²) in [6.45, 7) is 3.14. The van der Waals surface area contributed by atoms with E-state index in [2.05, 4.69) is 24.8 Å². The number of likely N-dealkylation sites (tertiary alicyclic amines) is 1. The molecule has 4 heterocycles. The van der Waals surface area contributed by atoms with Crippen molar-refractivity contribution in [3.63, 3.8) is 0 Å².